The smallest absolute Gasteiger partial charge is 0.240 e. The zero-order valence-corrected chi connectivity index (χ0v) is 17.1. The number of sulfonamides is 1. The molecule has 0 bridgehead atoms. The first kappa shape index (κ1) is 22.9. The molecule has 1 aromatic rings. The highest BCUT2D eigenvalue weighted by molar-refractivity contribution is 7.89. The molecule has 8 heteroatoms. The van der Waals surface area contributed by atoms with E-state index in [4.69, 9.17) is 5.73 Å². The van der Waals surface area contributed by atoms with E-state index in [1.54, 1.807) is 26.0 Å². The lowest BCUT2D eigenvalue weighted by Crippen LogP contribution is -2.36. The number of nitrogens with one attached hydrogen (secondary N) is 2. The molecule has 6 nitrogen and oxygen atoms in total. The molecule has 1 amide bonds. The summed E-state index contributed by atoms with van der Waals surface area (Å²) in [6.07, 6.45) is 5.87. The summed E-state index contributed by atoms with van der Waals surface area (Å²) in [5.74, 6) is -0.0664. The second-order valence-electron chi connectivity index (χ2n) is 7.29. The molecule has 0 heterocycles. The maximum atomic E-state index is 12.4. The standard InChI is InChI=1S/C18H29N3O3S.ClH/c1-14(2)21-25(23,24)16-8-6-15(7-9-16)20-17(22)12-18(13-19)10-4-3-5-11-18;/h6-9,14,21H,3-5,10-13,19H2,1-2H3,(H,20,22);1H. The number of nitrogens with two attached hydrogens (primary N) is 1. The van der Waals surface area contributed by atoms with E-state index in [1.807, 2.05) is 0 Å². The second kappa shape index (κ2) is 9.69. The van der Waals surface area contributed by atoms with Crippen molar-refractivity contribution in [3.05, 3.63) is 24.3 Å². The molecule has 0 saturated heterocycles. The first-order valence-corrected chi connectivity index (χ1v) is 10.4. The predicted molar refractivity (Wildman–Crippen MR) is 107 cm³/mol. The molecule has 4 N–H and O–H groups in total. The highest BCUT2D eigenvalue weighted by Crippen LogP contribution is 2.38. The predicted octanol–water partition coefficient (Wildman–Crippen LogP) is 3.03. The van der Waals surface area contributed by atoms with E-state index in [2.05, 4.69) is 10.0 Å². The van der Waals surface area contributed by atoms with Crippen molar-refractivity contribution in [2.24, 2.45) is 11.1 Å². The van der Waals surface area contributed by atoms with Gasteiger partial charge in [0.1, 0.15) is 0 Å². The number of hydrogen-bond acceptors (Lipinski definition) is 4. The van der Waals surface area contributed by atoms with Crippen molar-refractivity contribution in [1.82, 2.24) is 4.72 Å². The molecule has 1 saturated carbocycles. The lowest BCUT2D eigenvalue weighted by molar-refractivity contribution is -0.118. The van der Waals surface area contributed by atoms with Crippen molar-refractivity contribution in [3.63, 3.8) is 0 Å². The first-order valence-electron chi connectivity index (χ1n) is 8.89. The normalized spacial score (nSPS) is 16.8. The molecule has 26 heavy (non-hydrogen) atoms. The number of carbonyl (C=O) groups excluding carboxylic acids is 1. The summed E-state index contributed by atoms with van der Waals surface area (Å²) in [6, 6.07) is 6.05. The van der Waals surface area contributed by atoms with E-state index in [0.717, 1.165) is 25.7 Å². The van der Waals surface area contributed by atoms with Crippen LogP contribution in [0.5, 0.6) is 0 Å². The van der Waals surface area contributed by atoms with Crippen molar-refractivity contribution in [3.8, 4) is 0 Å². The van der Waals surface area contributed by atoms with Gasteiger partial charge in [-0.15, -0.1) is 12.4 Å². The van der Waals surface area contributed by atoms with Crippen LogP contribution in [-0.4, -0.2) is 26.9 Å². The molecular formula is C18H30ClN3O3S. The maximum absolute atomic E-state index is 12.4. The van der Waals surface area contributed by atoms with Crippen LogP contribution in [0.4, 0.5) is 5.69 Å². The summed E-state index contributed by atoms with van der Waals surface area (Å²) in [5, 5.41) is 2.86. The Hall–Kier alpha value is -1.15. The molecule has 1 aliphatic carbocycles. The zero-order valence-electron chi connectivity index (χ0n) is 15.5. The molecule has 0 radical (unpaired) electrons. The van der Waals surface area contributed by atoms with Gasteiger partial charge in [-0.1, -0.05) is 19.3 Å². The molecule has 1 aromatic carbocycles. The third-order valence-corrected chi connectivity index (χ3v) is 6.40. The third-order valence-electron chi connectivity index (χ3n) is 4.72. The van der Waals surface area contributed by atoms with Crippen LogP contribution in [0.1, 0.15) is 52.4 Å². The fraction of sp³-hybridized carbons (Fsp3) is 0.611. The van der Waals surface area contributed by atoms with E-state index in [9.17, 15) is 13.2 Å². The van der Waals surface area contributed by atoms with E-state index >= 15 is 0 Å². The Labute approximate surface area is 162 Å². The fourth-order valence-electron chi connectivity index (χ4n) is 3.40. The number of amides is 1. The Bertz CT molecular complexity index is 684. The second-order valence-corrected chi connectivity index (χ2v) is 9.00. The van der Waals surface area contributed by atoms with Crippen LogP contribution in [-0.2, 0) is 14.8 Å². The average Bonchev–Trinajstić information content (AvgIpc) is 2.55. The van der Waals surface area contributed by atoms with Gasteiger partial charge in [-0.25, -0.2) is 13.1 Å². The van der Waals surface area contributed by atoms with Gasteiger partial charge >= 0.3 is 0 Å². The molecule has 148 valence electrons. The van der Waals surface area contributed by atoms with E-state index in [-0.39, 0.29) is 34.7 Å². The Balaban J connectivity index is 0.00000338. The highest BCUT2D eigenvalue weighted by atomic mass is 35.5. The summed E-state index contributed by atoms with van der Waals surface area (Å²) in [4.78, 5) is 12.6. The number of benzene rings is 1. The largest absolute Gasteiger partial charge is 0.330 e. The Morgan fingerprint density at radius 3 is 2.23 bits per heavy atom. The number of carbonyl (C=O) groups is 1. The molecular weight excluding hydrogens is 374 g/mol. The van der Waals surface area contributed by atoms with Crippen LogP contribution in [0.25, 0.3) is 0 Å². The van der Waals surface area contributed by atoms with Gasteiger partial charge in [-0.3, -0.25) is 4.79 Å². The SMILES string of the molecule is CC(C)NS(=O)(=O)c1ccc(NC(=O)CC2(CN)CCCCC2)cc1.Cl. The lowest BCUT2D eigenvalue weighted by Gasteiger charge is -2.35. The molecule has 0 unspecified atom stereocenters. The van der Waals surface area contributed by atoms with Gasteiger partial charge in [0, 0.05) is 18.2 Å². The summed E-state index contributed by atoms with van der Waals surface area (Å²) in [6.45, 7) is 4.06. The van der Waals surface area contributed by atoms with Crippen molar-refractivity contribution >= 4 is 34.0 Å². The number of anilines is 1. The Morgan fingerprint density at radius 1 is 1.15 bits per heavy atom. The molecule has 2 rings (SSSR count). The number of halogens is 1. The molecule has 0 spiro atoms. The maximum Gasteiger partial charge on any atom is 0.240 e. The molecule has 1 fully saturated rings. The summed E-state index contributed by atoms with van der Waals surface area (Å²) >= 11 is 0. The minimum absolute atomic E-state index is 0. The molecule has 0 atom stereocenters. The molecule has 0 aliphatic heterocycles. The first-order chi connectivity index (χ1) is 11.8. The molecule has 1 aliphatic rings. The van der Waals surface area contributed by atoms with Gasteiger partial charge in [-0.05, 0) is 62.9 Å². The quantitative estimate of drug-likeness (QED) is 0.651. The highest BCUT2D eigenvalue weighted by Gasteiger charge is 2.32. The summed E-state index contributed by atoms with van der Waals surface area (Å²) in [5.41, 5.74) is 6.44. The topological polar surface area (TPSA) is 101 Å². The van der Waals surface area contributed by atoms with Gasteiger partial charge in [-0.2, -0.15) is 0 Å². The monoisotopic (exact) mass is 403 g/mol. The summed E-state index contributed by atoms with van der Waals surface area (Å²) in [7, 11) is -3.52. The zero-order chi connectivity index (χ0) is 18.5. The van der Waals surface area contributed by atoms with Crippen molar-refractivity contribution < 1.29 is 13.2 Å². The Morgan fingerprint density at radius 2 is 1.73 bits per heavy atom. The van der Waals surface area contributed by atoms with E-state index in [1.165, 1.54) is 18.6 Å². The van der Waals surface area contributed by atoms with E-state index in [0.29, 0.717) is 18.7 Å². The Kier molecular flexibility index (Phi) is 8.53. The van der Waals surface area contributed by atoms with Crippen molar-refractivity contribution in [2.45, 2.75) is 63.3 Å². The van der Waals surface area contributed by atoms with Gasteiger partial charge in [0.2, 0.25) is 15.9 Å². The minimum atomic E-state index is -3.52. The third kappa shape index (κ3) is 6.23. The lowest BCUT2D eigenvalue weighted by atomic mass is 9.71. The van der Waals surface area contributed by atoms with Crippen LogP contribution in [0, 0.1) is 5.41 Å². The van der Waals surface area contributed by atoms with Gasteiger partial charge in [0.15, 0.2) is 0 Å². The number of rotatable bonds is 7. The van der Waals surface area contributed by atoms with Crippen LogP contribution < -0.4 is 15.8 Å². The van der Waals surface area contributed by atoms with Gasteiger partial charge < -0.3 is 11.1 Å². The van der Waals surface area contributed by atoms with Gasteiger partial charge in [0.05, 0.1) is 4.90 Å². The summed E-state index contributed by atoms with van der Waals surface area (Å²) < 4.78 is 26.7. The minimum Gasteiger partial charge on any atom is -0.330 e. The van der Waals surface area contributed by atoms with E-state index < -0.39 is 10.0 Å². The number of hydrogen-bond donors (Lipinski definition) is 3. The molecule has 0 aromatic heterocycles. The van der Waals surface area contributed by atoms with Crippen LogP contribution in [0.15, 0.2) is 29.2 Å². The van der Waals surface area contributed by atoms with Crippen LogP contribution in [0.2, 0.25) is 0 Å². The average molecular weight is 404 g/mol. The van der Waals surface area contributed by atoms with Crippen molar-refractivity contribution in [2.75, 3.05) is 11.9 Å². The van der Waals surface area contributed by atoms with Crippen LogP contribution in [0.3, 0.4) is 0 Å². The van der Waals surface area contributed by atoms with Crippen LogP contribution >= 0.6 is 12.4 Å². The van der Waals surface area contributed by atoms with Crippen molar-refractivity contribution in [1.29, 1.82) is 0 Å². The van der Waals surface area contributed by atoms with Gasteiger partial charge in [0.25, 0.3) is 0 Å². The fourth-order valence-corrected chi connectivity index (χ4v) is 4.65.